The van der Waals surface area contributed by atoms with Crippen LogP contribution >= 0.6 is 11.6 Å². The number of rotatable bonds is 5. The van der Waals surface area contributed by atoms with Crippen LogP contribution in [0.5, 0.6) is 0 Å². The van der Waals surface area contributed by atoms with Crippen LogP contribution in [0.3, 0.4) is 0 Å². The van der Waals surface area contributed by atoms with E-state index in [4.69, 9.17) is 11.6 Å². The average molecular weight is 314 g/mol. The van der Waals surface area contributed by atoms with Crippen LogP contribution in [0, 0.1) is 5.92 Å². The van der Waals surface area contributed by atoms with Crippen molar-refractivity contribution in [2.24, 2.45) is 5.92 Å². The van der Waals surface area contributed by atoms with Crippen molar-refractivity contribution in [3.05, 3.63) is 70.7 Å². The molecule has 1 aliphatic heterocycles. The quantitative estimate of drug-likeness (QED) is 0.734. The molecule has 2 aromatic carbocycles. The monoisotopic (exact) mass is 313 g/mol. The Morgan fingerprint density at radius 3 is 2.23 bits per heavy atom. The predicted octanol–water partition coefficient (Wildman–Crippen LogP) is 5.18. The molecule has 1 heterocycles. The summed E-state index contributed by atoms with van der Waals surface area (Å²) in [6.07, 6.45) is 5.15. The number of benzene rings is 2. The maximum Gasteiger partial charge on any atom is 0.0406 e. The molecule has 3 rings (SSSR count). The van der Waals surface area contributed by atoms with E-state index in [2.05, 4.69) is 47.4 Å². The van der Waals surface area contributed by atoms with E-state index in [1.54, 1.807) is 0 Å². The molecule has 1 aliphatic rings. The van der Waals surface area contributed by atoms with E-state index in [0.717, 1.165) is 17.5 Å². The second-order valence-corrected chi connectivity index (χ2v) is 6.81. The summed E-state index contributed by atoms with van der Waals surface area (Å²) in [4.78, 5) is 2.59. The fourth-order valence-electron chi connectivity index (χ4n) is 3.30. The molecule has 116 valence electrons. The second-order valence-electron chi connectivity index (χ2n) is 6.37. The minimum absolute atomic E-state index is 0.831. The molecule has 1 fully saturated rings. The van der Waals surface area contributed by atoms with Crippen molar-refractivity contribution < 1.29 is 0 Å². The molecule has 0 amide bonds. The number of likely N-dealkylation sites (tertiary alicyclic amines) is 1. The van der Waals surface area contributed by atoms with E-state index < -0.39 is 0 Å². The summed E-state index contributed by atoms with van der Waals surface area (Å²) in [5.74, 6) is 0.878. The largest absolute Gasteiger partial charge is 0.299 e. The minimum atomic E-state index is 0.831. The van der Waals surface area contributed by atoms with Crippen molar-refractivity contribution in [3.8, 4) is 0 Å². The number of halogens is 1. The Bertz CT molecular complexity index is 556. The number of hydrogen-bond donors (Lipinski definition) is 0. The van der Waals surface area contributed by atoms with Gasteiger partial charge in [-0.2, -0.15) is 0 Å². The molecule has 2 heteroatoms. The van der Waals surface area contributed by atoms with Gasteiger partial charge >= 0.3 is 0 Å². The molecule has 1 nitrogen and oxygen atoms in total. The van der Waals surface area contributed by atoms with Crippen LogP contribution in [0.1, 0.15) is 30.4 Å². The summed E-state index contributed by atoms with van der Waals surface area (Å²) in [6.45, 7) is 3.57. The van der Waals surface area contributed by atoms with Gasteiger partial charge in [-0.15, -0.1) is 0 Å². The van der Waals surface area contributed by atoms with Crippen LogP contribution in [0.4, 0.5) is 0 Å². The molecule has 0 spiro atoms. The van der Waals surface area contributed by atoms with Gasteiger partial charge in [0.2, 0.25) is 0 Å². The van der Waals surface area contributed by atoms with Gasteiger partial charge < -0.3 is 0 Å². The lowest BCUT2D eigenvalue weighted by atomic mass is 9.90. The number of aryl methyl sites for hydroxylation is 1. The topological polar surface area (TPSA) is 3.24 Å². The number of piperidine rings is 1. The van der Waals surface area contributed by atoms with Gasteiger partial charge in [0.25, 0.3) is 0 Å². The molecule has 0 bridgehead atoms. The zero-order valence-corrected chi connectivity index (χ0v) is 13.8. The summed E-state index contributed by atoms with van der Waals surface area (Å²) >= 11 is 5.94. The maximum atomic E-state index is 5.94. The normalized spacial score (nSPS) is 16.8. The zero-order chi connectivity index (χ0) is 15.2. The Kier molecular flexibility index (Phi) is 5.53. The SMILES string of the molecule is Clc1ccc(CCC2CCN(Cc3ccccc3)CC2)cc1. The van der Waals surface area contributed by atoms with Gasteiger partial charge in [-0.05, 0) is 68.0 Å². The zero-order valence-electron chi connectivity index (χ0n) is 13.0. The summed E-state index contributed by atoms with van der Waals surface area (Å²) in [7, 11) is 0. The van der Waals surface area contributed by atoms with Gasteiger partial charge in [-0.1, -0.05) is 54.1 Å². The summed E-state index contributed by atoms with van der Waals surface area (Å²) < 4.78 is 0. The van der Waals surface area contributed by atoms with Crippen molar-refractivity contribution in [2.45, 2.75) is 32.2 Å². The molecule has 0 aromatic heterocycles. The minimum Gasteiger partial charge on any atom is -0.299 e. The van der Waals surface area contributed by atoms with E-state index in [-0.39, 0.29) is 0 Å². The van der Waals surface area contributed by atoms with Crippen molar-refractivity contribution in [2.75, 3.05) is 13.1 Å². The van der Waals surface area contributed by atoms with Gasteiger partial charge in [0.15, 0.2) is 0 Å². The number of nitrogens with zero attached hydrogens (tertiary/aromatic N) is 1. The first-order chi connectivity index (χ1) is 10.8. The molecule has 1 saturated heterocycles. The highest BCUT2D eigenvalue weighted by Gasteiger charge is 2.18. The van der Waals surface area contributed by atoms with Crippen molar-refractivity contribution in [3.63, 3.8) is 0 Å². The first-order valence-corrected chi connectivity index (χ1v) is 8.68. The first-order valence-electron chi connectivity index (χ1n) is 8.30. The first kappa shape index (κ1) is 15.6. The van der Waals surface area contributed by atoms with Gasteiger partial charge in [0, 0.05) is 11.6 Å². The van der Waals surface area contributed by atoms with Crippen LogP contribution in [-0.2, 0) is 13.0 Å². The second kappa shape index (κ2) is 7.80. The standard InChI is InChI=1S/C20H24ClN/c21-20-10-8-17(9-11-20)6-7-18-12-14-22(15-13-18)16-19-4-2-1-3-5-19/h1-5,8-11,18H,6-7,12-16H2. The van der Waals surface area contributed by atoms with Crippen LogP contribution in [-0.4, -0.2) is 18.0 Å². The lowest BCUT2D eigenvalue weighted by Crippen LogP contribution is -2.33. The lowest BCUT2D eigenvalue weighted by Gasteiger charge is -2.32. The van der Waals surface area contributed by atoms with Gasteiger partial charge in [0.1, 0.15) is 0 Å². The van der Waals surface area contributed by atoms with E-state index in [0.29, 0.717) is 0 Å². The van der Waals surface area contributed by atoms with Crippen molar-refractivity contribution in [1.82, 2.24) is 4.90 Å². The fraction of sp³-hybridized carbons (Fsp3) is 0.400. The molecule has 0 atom stereocenters. The predicted molar refractivity (Wildman–Crippen MR) is 94.2 cm³/mol. The Labute approximate surface area is 138 Å². The van der Waals surface area contributed by atoms with E-state index in [1.165, 1.54) is 49.9 Å². The fourth-order valence-corrected chi connectivity index (χ4v) is 3.42. The Morgan fingerprint density at radius 1 is 0.864 bits per heavy atom. The van der Waals surface area contributed by atoms with E-state index in [1.807, 2.05) is 12.1 Å². The van der Waals surface area contributed by atoms with Gasteiger partial charge in [-0.3, -0.25) is 4.90 Å². The number of hydrogen-bond acceptors (Lipinski definition) is 1. The third-order valence-electron chi connectivity index (χ3n) is 4.71. The molecule has 0 saturated carbocycles. The third kappa shape index (κ3) is 4.59. The summed E-state index contributed by atoms with van der Waals surface area (Å²) in [5, 5.41) is 0.831. The van der Waals surface area contributed by atoms with Crippen molar-refractivity contribution >= 4 is 11.6 Å². The third-order valence-corrected chi connectivity index (χ3v) is 4.96. The van der Waals surface area contributed by atoms with Crippen LogP contribution in [0.25, 0.3) is 0 Å². The van der Waals surface area contributed by atoms with Crippen molar-refractivity contribution in [1.29, 1.82) is 0 Å². The Hall–Kier alpha value is -1.31. The van der Waals surface area contributed by atoms with Crippen LogP contribution in [0.2, 0.25) is 5.02 Å². The molecule has 0 unspecified atom stereocenters. The van der Waals surface area contributed by atoms with E-state index in [9.17, 15) is 0 Å². The van der Waals surface area contributed by atoms with E-state index >= 15 is 0 Å². The maximum absolute atomic E-state index is 5.94. The average Bonchev–Trinajstić information content (AvgIpc) is 2.57. The highest BCUT2D eigenvalue weighted by Crippen LogP contribution is 2.24. The summed E-state index contributed by atoms with van der Waals surface area (Å²) in [6, 6.07) is 19.1. The smallest absolute Gasteiger partial charge is 0.0406 e. The lowest BCUT2D eigenvalue weighted by molar-refractivity contribution is 0.172. The highest BCUT2D eigenvalue weighted by atomic mass is 35.5. The Morgan fingerprint density at radius 2 is 1.55 bits per heavy atom. The Balaban J connectivity index is 1.41. The van der Waals surface area contributed by atoms with Crippen LogP contribution in [0.15, 0.2) is 54.6 Å². The highest BCUT2D eigenvalue weighted by molar-refractivity contribution is 6.30. The molecule has 0 radical (unpaired) electrons. The molecular formula is C20H24ClN. The van der Waals surface area contributed by atoms with Gasteiger partial charge in [-0.25, -0.2) is 0 Å². The molecule has 2 aromatic rings. The van der Waals surface area contributed by atoms with Gasteiger partial charge in [0.05, 0.1) is 0 Å². The molecule has 0 aliphatic carbocycles. The summed E-state index contributed by atoms with van der Waals surface area (Å²) in [5.41, 5.74) is 2.85. The van der Waals surface area contributed by atoms with Crippen LogP contribution < -0.4 is 0 Å². The molecular weight excluding hydrogens is 290 g/mol. The molecule has 22 heavy (non-hydrogen) atoms. The molecule has 0 N–H and O–H groups in total.